The van der Waals surface area contributed by atoms with Gasteiger partial charge in [-0.25, -0.2) is 0 Å². The molecule has 0 aliphatic carbocycles. The molecule has 1 unspecified atom stereocenters. The van der Waals surface area contributed by atoms with Crippen LogP contribution >= 0.6 is 0 Å². The largest absolute Gasteiger partial charge is 0.396 e. The van der Waals surface area contributed by atoms with Crippen molar-refractivity contribution < 1.29 is 9.84 Å². The molecule has 2 aliphatic rings. The Bertz CT molecular complexity index is 427. The summed E-state index contributed by atoms with van der Waals surface area (Å²) in [4.78, 5) is 2.50. The first-order chi connectivity index (χ1) is 9.31. The normalized spacial score (nSPS) is 28.1. The maximum atomic E-state index is 9.71. The van der Waals surface area contributed by atoms with Crippen molar-refractivity contribution in [3.05, 3.63) is 35.4 Å². The fourth-order valence-corrected chi connectivity index (χ4v) is 3.33. The van der Waals surface area contributed by atoms with Crippen molar-refractivity contribution in [3.63, 3.8) is 0 Å². The number of nitrogens with zero attached hydrogens (tertiary/aromatic N) is 1. The van der Waals surface area contributed by atoms with Crippen LogP contribution in [-0.4, -0.2) is 42.9 Å². The van der Waals surface area contributed by atoms with Gasteiger partial charge in [-0.05, 0) is 36.9 Å². The van der Waals surface area contributed by atoms with E-state index in [4.69, 9.17) is 4.74 Å². The fourth-order valence-electron chi connectivity index (χ4n) is 3.33. The molecule has 1 atom stereocenters. The maximum Gasteiger partial charge on any atom is 0.0557 e. The molecule has 0 radical (unpaired) electrons. The number of aliphatic hydroxyl groups excluding tert-OH is 1. The lowest BCUT2D eigenvalue weighted by molar-refractivity contribution is 0.0545. The van der Waals surface area contributed by atoms with Gasteiger partial charge in [-0.2, -0.15) is 0 Å². The van der Waals surface area contributed by atoms with E-state index >= 15 is 0 Å². The summed E-state index contributed by atoms with van der Waals surface area (Å²) in [7, 11) is 0. The minimum atomic E-state index is -0.0285. The van der Waals surface area contributed by atoms with Gasteiger partial charge in [-0.1, -0.05) is 24.3 Å². The average molecular weight is 261 g/mol. The highest BCUT2D eigenvalue weighted by atomic mass is 16.5. The number of fused-ring (bicyclic) bond motifs is 1. The van der Waals surface area contributed by atoms with Gasteiger partial charge in [0, 0.05) is 25.1 Å². The second kappa shape index (κ2) is 5.61. The Hall–Kier alpha value is -0.900. The summed E-state index contributed by atoms with van der Waals surface area (Å²) in [5, 5.41) is 9.71. The second-order valence-corrected chi connectivity index (χ2v) is 6.04. The van der Waals surface area contributed by atoms with Crippen LogP contribution in [0.4, 0.5) is 0 Å². The molecule has 1 aromatic carbocycles. The van der Waals surface area contributed by atoms with Gasteiger partial charge < -0.3 is 9.84 Å². The molecule has 19 heavy (non-hydrogen) atoms. The minimum Gasteiger partial charge on any atom is -0.396 e. The van der Waals surface area contributed by atoms with Crippen molar-refractivity contribution in [1.29, 1.82) is 0 Å². The summed E-state index contributed by atoms with van der Waals surface area (Å²) < 4.78 is 5.51. The molecule has 3 rings (SSSR count). The van der Waals surface area contributed by atoms with Gasteiger partial charge in [0.05, 0.1) is 13.2 Å². The van der Waals surface area contributed by atoms with Crippen LogP contribution in [0.5, 0.6) is 0 Å². The Morgan fingerprint density at radius 3 is 2.84 bits per heavy atom. The van der Waals surface area contributed by atoms with E-state index in [1.807, 2.05) is 0 Å². The summed E-state index contributed by atoms with van der Waals surface area (Å²) in [5.74, 6) is 0. The Labute approximate surface area is 115 Å². The maximum absolute atomic E-state index is 9.71. The van der Waals surface area contributed by atoms with E-state index in [1.165, 1.54) is 24.0 Å². The second-order valence-electron chi connectivity index (χ2n) is 6.04. The first kappa shape index (κ1) is 13.1. The van der Waals surface area contributed by atoms with Crippen molar-refractivity contribution in [2.24, 2.45) is 5.41 Å². The first-order valence-electron chi connectivity index (χ1n) is 7.29. The number of aliphatic hydroxyl groups is 1. The number of hydrogen-bond donors (Lipinski definition) is 1. The van der Waals surface area contributed by atoms with E-state index in [-0.39, 0.29) is 12.0 Å². The lowest BCUT2D eigenvalue weighted by atomic mass is 9.87. The van der Waals surface area contributed by atoms with Crippen molar-refractivity contribution >= 4 is 0 Å². The first-order valence-corrected chi connectivity index (χ1v) is 7.29. The van der Waals surface area contributed by atoms with Gasteiger partial charge in [0.1, 0.15) is 0 Å². The molecule has 2 heterocycles. The molecule has 1 aromatic rings. The van der Waals surface area contributed by atoms with Crippen molar-refractivity contribution in [1.82, 2.24) is 4.90 Å². The van der Waals surface area contributed by atoms with Crippen LogP contribution in [0.15, 0.2) is 24.3 Å². The number of aryl methyl sites for hydroxylation is 1. The third kappa shape index (κ3) is 2.83. The van der Waals surface area contributed by atoms with E-state index in [0.717, 1.165) is 32.7 Å². The third-order valence-corrected chi connectivity index (χ3v) is 4.51. The summed E-state index contributed by atoms with van der Waals surface area (Å²) in [5.41, 5.74) is 2.91. The van der Waals surface area contributed by atoms with Crippen LogP contribution in [-0.2, 0) is 17.7 Å². The van der Waals surface area contributed by atoms with E-state index < -0.39 is 0 Å². The van der Waals surface area contributed by atoms with E-state index in [2.05, 4.69) is 29.2 Å². The quantitative estimate of drug-likeness (QED) is 0.901. The highest BCUT2D eigenvalue weighted by molar-refractivity contribution is 5.28. The Kier molecular flexibility index (Phi) is 3.87. The Morgan fingerprint density at radius 1 is 1.26 bits per heavy atom. The van der Waals surface area contributed by atoms with Crippen LogP contribution in [0.2, 0.25) is 0 Å². The summed E-state index contributed by atoms with van der Waals surface area (Å²) in [6, 6.07) is 8.75. The van der Waals surface area contributed by atoms with Crippen molar-refractivity contribution in [2.45, 2.75) is 25.8 Å². The number of hydrogen-bond acceptors (Lipinski definition) is 3. The SMILES string of the molecule is OCC1(CN2CCCc3ccccc3C2)CCOC1. The van der Waals surface area contributed by atoms with Gasteiger partial charge in [-0.3, -0.25) is 4.90 Å². The molecule has 0 amide bonds. The average Bonchev–Trinajstić information content (AvgIpc) is 2.80. The Morgan fingerprint density at radius 2 is 2.11 bits per heavy atom. The topological polar surface area (TPSA) is 32.7 Å². The lowest BCUT2D eigenvalue weighted by Gasteiger charge is -2.32. The molecule has 2 aliphatic heterocycles. The monoisotopic (exact) mass is 261 g/mol. The number of ether oxygens (including phenoxy) is 1. The van der Waals surface area contributed by atoms with Crippen molar-refractivity contribution in [3.8, 4) is 0 Å². The van der Waals surface area contributed by atoms with Gasteiger partial charge in [-0.15, -0.1) is 0 Å². The van der Waals surface area contributed by atoms with Crippen LogP contribution < -0.4 is 0 Å². The molecule has 1 saturated heterocycles. The molecular formula is C16H23NO2. The van der Waals surface area contributed by atoms with Gasteiger partial charge in [0.15, 0.2) is 0 Å². The Balaban J connectivity index is 1.72. The number of benzene rings is 1. The van der Waals surface area contributed by atoms with Crippen molar-refractivity contribution in [2.75, 3.05) is 32.9 Å². The van der Waals surface area contributed by atoms with E-state index in [1.54, 1.807) is 0 Å². The van der Waals surface area contributed by atoms with Gasteiger partial charge in [0.25, 0.3) is 0 Å². The molecule has 1 fully saturated rings. The smallest absolute Gasteiger partial charge is 0.0557 e. The molecule has 0 saturated carbocycles. The molecule has 1 N–H and O–H groups in total. The van der Waals surface area contributed by atoms with Gasteiger partial charge >= 0.3 is 0 Å². The van der Waals surface area contributed by atoms with Crippen LogP contribution in [0, 0.1) is 5.41 Å². The zero-order chi connectivity index (χ0) is 13.1. The molecule has 104 valence electrons. The molecule has 0 bridgehead atoms. The summed E-state index contributed by atoms with van der Waals surface area (Å²) in [6.07, 6.45) is 3.37. The summed E-state index contributed by atoms with van der Waals surface area (Å²) in [6.45, 7) is 4.84. The standard InChI is InChI=1S/C16H23NO2/c18-12-16(7-9-19-13-16)11-17-8-3-6-14-4-1-2-5-15(14)10-17/h1-2,4-5,18H,3,6-13H2. The van der Waals surface area contributed by atoms with E-state index in [9.17, 15) is 5.11 Å². The zero-order valence-electron chi connectivity index (χ0n) is 11.5. The van der Waals surface area contributed by atoms with Crippen LogP contribution in [0.1, 0.15) is 24.0 Å². The van der Waals surface area contributed by atoms with Gasteiger partial charge in [0.2, 0.25) is 0 Å². The molecule has 3 heteroatoms. The highest BCUT2D eigenvalue weighted by Crippen LogP contribution is 2.30. The van der Waals surface area contributed by atoms with Crippen LogP contribution in [0.3, 0.4) is 0 Å². The predicted octanol–water partition coefficient (Wildman–Crippen LogP) is 1.83. The summed E-state index contributed by atoms with van der Waals surface area (Å²) >= 11 is 0. The third-order valence-electron chi connectivity index (χ3n) is 4.51. The molecule has 0 spiro atoms. The minimum absolute atomic E-state index is 0.0285. The van der Waals surface area contributed by atoms with E-state index in [0.29, 0.717) is 6.61 Å². The molecular weight excluding hydrogens is 238 g/mol. The predicted molar refractivity (Wildman–Crippen MR) is 75.0 cm³/mol. The van der Waals surface area contributed by atoms with Crippen LogP contribution in [0.25, 0.3) is 0 Å². The fraction of sp³-hybridized carbons (Fsp3) is 0.625. The zero-order valence-corrected chi connectivity index (χ0v) is 11.5. The lowest BCUT2D eigenvalue weighted by Crippen LogP contribution is -2.40. The molecule has 3 nitrogen and oxygen atoms in total. The molecule has 0 aromatic heterocycles. The highest BCUT2D eigenvalue weighted by Gasteiger charge is 2.36. The number of rotatable bonds is 3.